The predicted molar refractivity (Wildman–Crippen MR) is 97.3 cm³/mol. The molecule has 8 nitrogen and oxygen atoms in total. The highest BCUT2D eigenvalue weighted by atomic mass is 32.2. The zero-order valence-electron chi connectivity index (χ0n) is 14.5. The van der Waals surface area contributed by atoms with Crippen molar-refractivity contribution in [1.29, 1.82) is 5.26 Å². The van der Waals surface area contributed by atoms with Crippen molar-refractivity contribution < 1.29 is 8.42 Å². The van der Waals surface area contributed by atoms with Crippen LogP contribution in [0.25, 0.3) is 0 Å². The lowest BCUT2D eigenvalue weighted by molar-refractivity contribution is 0.142. The first-order valence-electron chi connectivity index (χ1n) is 8.09. The third-order valence-electron chi connectivity index (χ3n) is 4.50. The number of hydrogen-bond donors (Lipinski definition) is 0. The van der Waals surface area contributed by atoms with Crippen LogP contribution in [0.2, 0.25) is 0 Å². The van der Waals surface area contributed by atoms with Gasteiger partial charge in [0.15, 0.2) is 0 Å². The van der Waals surface area contributed by atoms with Gasteiger partial charge in [-0.15, -0.1) is 11.3 Å². The van der Waals surface area contributed by atoms with Gasteiger partial charge in [-0.05, 0) is 30.9 Å². The summed E-state index contributed by atoms with van der Waals surface area (Å²) in [7, 11) is -3.45. The molecule has 0 atom stereocenters. The van der Waals surface area contributed by atoms with E-state index in [1.165, 1.54) is 20.3 Å². The Labute approximate surface area is 155 Å². The Morgan fingerprint density at radius 2 is 1.96 bits per heavy atom. The Kier molecular flexibility index (Phi) is 5.24. The van der Waals surface area contributed by atoms with Gasteiger partial charge in [-0.25, -0.2) is 13.1 Å². The molecule has 3 heterocycles. The van der Waals surface area contributed by atoms with Gasteiger partial charge >= 0.3 is 0 Å². The van der Waals surface area contributed by atoms with Gasteiger partial charge in [0, 0.05) is 26.2 Å². The first-order chi connectivity index (χ1) is 12.3. The van der Waals surface area contributed by atoms with E-state index >= 15 is 0 Å². The van der Waals surface area contributed by atoms with Gasteiger partial charge in [-0.1, -0.05) is 6.07 Å². The van der Waals surface area contributed by atoms with Crippen molar-refractivity contribution in [2.24, 2.45) is 0 Å². The Morgan fingerprint density at radius 3 is 2.54 bits per heavy atom. The number of nitriles is 1. The molecule has 0 bridgehead atoms. The summed E-state index contributed by atoms with van der Waals surface area (Å²) in [6.07, 6.45) is 0. The van der Waals surface area contributed by atoms with Gasteiger partial charge in [-0.3, -0.25) is 9.69 Å². The van der Waals surface area contributed by atoms with E-state index in [1.807, 2.05) is 11.0 Å². The zero-order chi connectivity index (χ0) is 18.9. The Bertz CT molecular complexity index is 998. The van der Waals surface area contributed by atoms with E-state index in [4.69, 9.17) is 0 Å². The molecule has 0 saturated carbocycles. The van der Waals surface area contributed by atoms with Crippen LogP contribution in [-0.4, -0.2) is 53.6 Å². The van der Waals surface area contributed by atoms with Crippen LogP contribution in [0.5, 0.6) is 0 Å². The van der Waals surface area contributed by atoms with Gasteiger partial charge in [0.05, 0.1) is 12.4 Å². The number of nitrogens with zero attached hydrogens (tertiary/aromatic N) is 5. The number of piperazine rings is 1. The highest BCUT2D eigenvalue weighted by Gasteiger charge is 2.29. The van der Waals surface area contributed by atoms with E-state index in [-0.39, 0.29) is 12.2 Å². The van der Waals surface area contributed by atoms with Crippen molar-refractivity contribution in [1.82, 2.24) is 19.0 Å². The minimum absolute atomic E-state index is 0.108. The first-order valence-corrected chi connectivity index (χ1v) is 10.4. The number of aromatic nitrogens is 2. The fourth-order valence-electron chi connectivity index (χ4n) is 2.84. The van der Waals surface area contributed by atoms with Crippen LogP contribution in [0.15, 0.2) is 26.5 Å². The quantitative estimate of drug-likeness (QED) is 0.760. The van der Waals surface area contributed by atoms with Gasteiger partial charge in [-0.2, -0.15) is 14.7 Å². The third kappa shape index (κ3) is 3.43. The van der Waals surface area contributed by atoms with Crippen LogP contribution >= 0.6 is 11.3 Å². The summed E-state index contributed by atoms with van der Waals surface area (Å²) in [5.41, 5.74) is 0.932. The van der Waals surface area contributed by atoms with Gasteiger partial charge in [0.1, 0.15) is 15.8 Å². The third-order valence-corrected chi connectivity index (χ3v) is 7.77. The van der Waals surface area contributed by atoms with E-state index in [2.05, 4.69) is 5.10 Å². The number of hydrogen-bond acceptors (Lipinski definition) is 7. The fourth-order valence-corrected chi connectivity index (χ4v) is 5.40. The Hall–Kier alpha value is -2.06. The molecule has 0 aliphatic carbocycles. The lowest BCUT2D eigenvalue weighted by atomic mass is 10.1. The Balaban J connectivity index is 1.72. The molecule has 0 unspecified atom stereocenters. The largest absolute Gasteiger partial charge is 0.286 e. The molecular formula is C16H19N5O3S2. The fraction of sp³-hybridized carbons (Fsp3) is 0.438. The first kappa shape index (κ1) is 18.7. The van der Waals surface area contributed by atoms with Crippen LogP contribution in [0.4, 0.5) is 0 Å². The summed E-state index contributed by atoms with van der Waals surface area (Å²) in [4.78, 5) is 14.3. The van der Waals surface area contributed by atoms with Gasteiger partial charge < -0.3 is 0 Å². The molecule has 0 aromatic carbocycles. The highest BCUT2D eigenvalue weighted by molar-refractivity contribution is 7.91. The van der Waals surface area contributed by atoms with Crippen LogP contribution < -0.4 is 5.56 Å². The molecule has 1 aliphatic rings. The zero-order valence-corrected chi connectivity index (χ0v) is 16.2. The van der Waals surface area contributed by atoms with Crippen molar-refractivity contribution in [3.8, 4) is 6.07 Å². The van der Waals surface area contributed by atoms with Crippen LogP contribution in [0.1, 0.15) is 16.8 Å². The Morgan fingerprint density at radius 1 is 1.27 bits per heavy atom. The lowest BCUT2D eigenvalue weighted by Gasteiger charge is -2.33. The number of thiophene rings is 1. The lowest BCUT2D eigenvalue weighted by Crippen LogP contribution is -2.49. The minimum atomic E-state index is -3.45. The van der Waals surface area contributed by atoms with Crippen molar-refractivity contribution >= 4 is 21.4 Å². The topological polar surface area (TPSA) is 99.3 Å². The molecule has 3 rings (SSSR count). The summed E-state index contributed by atoms with van der Waals surface area (Å²) in [5, 5.41) is 15.2. The number of aryl methyl sites for hydroxylation is 1. The average molecular weight is 393 g/mol. The van der Waals surface area contributed by atoms with E-state index in [0.29, 0.717) is 41.6 Å². The second-order valence-electron chi connectivity index (χ2n) is 6.10. The van der Waals surface area contributed by atoms with E-state index in [0.717, 1.165) is 0 Å². The molecular weight excluding hydrogens is 374 g/mol. The van der Waals surface area contributed by atoms with Crippen molar-refractivity contribution in [2.45, 2.75) is 24.7 Å². The number of sulfonamides is 1. The van der Waals surface area contributed by atoms with Crippen LogP contribution in [-0.2, 0) is 16.7 Å². The van der Waals surface area contributed by atoms with Gasteiger partial charge in [0.25, 0.3) is 15.6 Å². The molecule has 0 spiro atoms. The van der Waals surface area contributed by atoms with Crippen molar-refractivity contribution in [2.75, 3.05) is 26.2 Å². The van der Waals surface area contributed by atoms with Crippen molar-refractivity contribution in [3.63, 3.8) is 0 Å². The summed E-state index contributed by atoms with van der Waals surface area (Å²) in [6.45, 7) is 5.40. The summed E-state index contributed by atoms with van der Waals surface area (Å²) in [5.74, 6) is 0. The van der Waals surface area contributed by atoms with Crippen molar-refractivity contribution in [3.05, 3.63) is 44.7 Å². The molecule has 1 fully saturated rings. The summed E-state index contributed by atoms with van der Waals surface area (Å²) >= 11 is 1.21. The maximum atomic E-state index is 12.5. The summed E-state index contributed by atoms with van der Waals surface area (Å²) in [6, 6.07) is 5.27. The second-order valence-corrected chi connectivity index (χ2v) is 9.21. The molecule has 26 heavy (non-hydrogen) atoms. The maximum Gasteiger partial charge on any atom is 0.286 e. The average Bonchev–Trinajstić information content (AvgIpc) is 3.16. The molecule has 138 valence electrons. The van der Waals surface area contributed by atoms with E-state index in [1.54, 1.807) is 31.4 Å². The van der Waals surface area contributed by atoms with E-state index in [9.17, 15) is 18.5 Å². The second kappa shape index (κ2) is 7.28. The predicted octanol–water partition coefficient (Wildman–Crippen LogP) is 0.757. The molecule has 0 amide bonds. The molecule has 2 aromatic heterocycles. The SMILES string of the molecule is Cc1nn(CN2CCN(S(=O)(=O)c3cccs3)CC2)c(=O)c(C#N)c1C. The number of rotatable bonds is 4. The van der Waals surface area contributed by atoms with E-state index < -0.39 is 15.6 Å². The monoisotopic (exact) mass is 393 g/mol. The van der Waals surface area contributed by atoms with Gasteiger partial charge in [0.2, 0.25) is 0 Å². The molecule has 0 N–H and O–H groups in total. The molecule has 0 radical (unpaired) electrons. The van der Waals surface area contributed by atoms with Crippen LogP contribution in [0, 0.1) is 25.2 Å². The minimum Gasteiger partial charge on any atom is -0.282 e. The highest BCUT2D eigenvalue weighted by Crippen LogP contribution is 2.22. The normalized spacial score (nSPS) is 16.5. The smallest absolute Gasteiger partial charge is 0.282 e. The molecule has 2 aromatic rings. The molecule has 1 aliphatic heterocycles. The van der Waals surface area contributed by atoms with Crippen LogP contribution in [0.3, 0.4) is 0 Å². The molecule has 1 saturated heterocycles. The molecule has 10 heteroatoms. The maximum absolute atomic E-state index is 12.5. The standard InChI is InChI=1S/C16H19N5O3S2/c1-12-13(2)18-21(16(22)14(12)10-17)11-19-5-7-20(8-6-19)26(23,24)15-4-3-9-25-15/h3-4,9H,5-8,11H2,1-2H3. The summed E-state index contributed by atoms with van der Waals surface area (Å²) < 4.78 is 28.2.